The number of nitrogens with one attached hydrogen (secondary N) is 2. The van der Waals surface area contributed by atoms with Crippen molar-refractivity contribution in [1.29, 1.82) is 0 Å². The number of rotatable bonds is 7. The van der Waals surface area contributed by atoms with E-state index >= 15 is 0 Å². The first-order chi connectivity index (χ1) is 13.2. The highest BCUT2D eigenvalue weighted by Gasteiger charge is 2.25. The van der Waals surface area contributed by atoms with E-state index in [0.29, 0.717) is 16.9 Å². The number of carbonyl (C=O) groups is 4. The summed E-state index contributed by atoms with van der Waals surface area (Å²) in [6.07, 6.45) is -1.63. The lowest BCUT2D eigenvalue weighted by molar-refractivity contribution is -0.142. The number of hydrogen-bond donors (Lipinski definition) is 2. The summed E-state index contributed by atoms with van der Waals surface area (Å²) in [6, 6.07) is 2.23. The summed E-state index contributed by atoms with van der Waals surface area (Å²) >= 11 is 0. The molecule has 0 saturated carbocycles. The van der Waals surface area contributed by atoms with Crippen molar-refractivity contribution in [2.75, 3.05) is 20.8 Å². The Morgan fingerprint density at radius 2 is 1.57 bits per heavy atom. The number of hydrogen-bond acceptors (Lipinski definition) is 8. The standard InChI is InChI=1S/C18H24N2O8/c1-10-6-13(9-27-12(3)21)7-11(2)15(10)28-16(22)14(20-18(24)26-5)8-19-17(23)25-4/h6-7,14H,8-9H2,1-5H3,(H,19,23)(H,20,24). The Morgan fingerprint density at radius 1 is 1.00 bits per heavy atom. The molecule has 10 nitrogen and oxygen atoms in total. The number of carbonyl (C=O) groups excluding carboxylic acids is 4. The summed E-state index contributed by atoms with van der Waals surface area (Å²) in [5.74, 6) is -0.910. The van der Waals surface area contributed by atoms with Gasteiger partial charge in [-0.05, 0) is 42.7 Å². The van der Waals surface area contributed by atoms with Crippen molar-refractivity contribution in [3.8, 4) is 5.75 Å². The van der Waals surface area contributed by atoms with E-state index in [4.69, 9.17) is 9.47 Å². The molecule has 0 fully saturated rings. The van der Waals surface area contributed by atoms with Crippen LogP contribution in [0.5, 0.6) is 5.75 Å². The predicted octanol–water partition coefficient (Wildman–Crippen LogP) is 1.35. The van der Waals surface area contributed by atoms with E-state index in [1.807, 2.05) is 0 Å². The van der Waals surface area contributed by atoms with Gasteiger partial charge in [0.2, 0.25) is 0 Å². The predicted molar refractivity (Wildman–Crippen MR) is 96.8 cm³/mol. The van der Waals surface area contributed by atoms with Crippen LogP contribution in [0.15, 0.2) is 12.1 Å². The van der Waals surface area contributed by atoms with Gasteiger partial charge in [0.15, 0.2) is 0 Å². The van der Waals surface area contributed by atoms with Crippen LogP contribution in [-0.4, -0.2) is 50.9 Å². The molecule has 0 spiro atoms. The van der Waals surface area contributed by atoms with Crippen molar-refractivity contribution in [3.05, 3.63) is 28.8 Å². The van der Waals surface area contributed by atoms with Gasteiger partial charge in [-0.15, -0.1) is 0 Å². The summed E-state index contributed by atoms with van der Waals surface area (Å²) in [5, 5.41) is 4.60. The molecule has 0 heterocycles. The molecule has 0 radical (unpaired) electrons. The minimum absolute atomic E-state index is 0.0980. The molecule has 1 atom stereocenters. The molecule has 1 unspecified atom stereocenters. The van der Waals surface area contributed by atoms with Crippen molar-refractivity contribution in [3.63, 3.8) is 0 Å². The first-order valence-electron chi connectivity index (χ1n) is 8.29. The molecule has 0 bridgehead atoms. The van der Waals surface area contributed by atoms with E-state index in [1.165, 1.54) is 14.0 Å². The monoisotopic (exact) mass is 396 g/mol. The molecule has 10 heteroatoms. The van der Waals surface area contributed by atoms with E-state index in [9.17, 15) is 19.2 Å². The molecule has 0 aliphatic carbocycles. The first kappa shape index (κ1) is 22.7. The summed E-state index contributed by atoms with van der Waals surface area (Å²) < 4.78 is 19.3. The van der Waals surface area contributed by atoms with Crippen LogP contribution >= 0.6 is 0 Å². The van der Waals surface area contributed by atoms with Crippen molar-refractivity contribution in [1.82, 2.24) is 10.6 Å². The van der Waals surface area contributed by atoms with Gasteiger partial charge in [-0.1, -0.05) is 0 Å². The van der Waals surface area contributed by atoms with Crippen LogP contribution < -0.4 is 15.4 Å². The number of alkyl carbamates (subject to hydrolysis) is 2. The fraction of sp³-hybridized carbons (Fsp3) is 0.444. The lowest BCUT2D eigenvalue weighted by atomic mass is 10.1. The highest BCUT2D eigenvalue weighted by atomic mass is 16.6. The lowest BCUT2D eigenvalue weighted by Gasteiger charge is -2.19. The van der Waals surface area contributed by atoms with Gasteiger partial charge in [-0.3, -0.25) is 4.79 Å². The van der Waals surface area contributed by atoms with Crippen LogP contribution in [0.3, 0.4) is 0 Å². The highest BCUT2D eigenvalue weighted by Crippen LogP contribution is 2.25. The molecule has 154 valence electrons. The minimum atomic E-state index is -1.20. The fourth-order valence-corrected chi connectivity index (χ4v) is 2.29. The topological polar surface area (TPSA) is 129 Å². The zero-order valence-electron chi connectivity index (χ0n) is 16.4. The normalized spacial score (nSPS) is 11.0. The molecule has 0 saturated heterocycles. The molecule has 0 aliphatic rings. The maximum absolute atomic E-state index is 12.5. The molecule has 0 aromatic heterocycles. The van der Waals surface area contributed by atoms with E-state index in [1.54, 1.807) is 26.0 Å². The molecule has 1 rings (SSSR count). The van der Waals surface area contributed by atoms with E-state index in [0.717, 1.165) is 12.7 Å². The Hall–Kier alpha value is -3.30. The Kier molecular flexibility index (Phi) is 8.73. The van der Waals surface area contributed by atoms with Gasteiger partial charge in [0.25, 0.3) is 0 Å². The van der Waals surface area contributed by atoms with Gasteiger partial charge in [0, 0.05) is 6.92 Å². The number of ether oxygens (including phenoxy) is 4. The molecule has 2 N–H and O–H groups in total. The number of aryl methyl sites for hydroxylation is 2. The van der Waals surface area contributed by atoms with Gasteiger partial charge in [0.1, 0.15) is 18.4 Å². The Morgan fingerprint density at radius 3 is 2.07 bits per heavy atom. The third-order valence-electron chi connectivity index (χ3n) is 3.56. The Bertz CT molecular complexity index is 724. The fourth-order valence-electron chi connectivity index (χ4n) is 2.29. The second-order valence-corrected chi connectivity index (χ2v) is 5.82. The van der Waals surface area contributed by atoms with Crippen molar-refractivity contribution < 1.29 is 38.1 Å². The van der Waals surface area contributed by atoms with Crippen LogP contribution in [-0.2, 0) is 30.4 Å². The molecule has 2 amide bonds. The average Bonchev–Trinajstić information content (AvgIpc) is 2.65. The van der Waals surface area contributed by atoms with E-state index in [2.05, 4.69) is 20.1 Å². The van der Waals surface area contributed by atoms with Gasteiger partial charge in [0.05, 0.1) is 20.8 Å². The van der Waals surface area contributed by atoms with E-state index in [-0.39, 0.29) is 13.2 Å². The minimum Gasteiger partial charge on any atom is -0.461 e. The summed E-state index contributed by atoms with van der Waals surface area (Å²) in [4.78, 5) is 46.2. The maximum atomic E-state index is 12.5. The van der Waals surface area contributed by atoms with E-state index < -0.39 is 30.2 Å². The van der Waals surface area contributed by atoms with Crippen LogP contribution in [0.4, 0.5) is 9.59 Å². The van der Waals surface area contributed by atoms with Gasteiger partial charge in [-0.2, -0.15) is 0 Å². The first-order valence-corrected chi connectivity index (χ1v) is 8.29. The second-order valence-electron chi connectivity index (χ2n) is 5.82. The maximum Gasteiger partial charge on any atom is 0.407 e. The lowest BCUT2D eigenvalue weighted by Crippen LogP contribution is -2.50. The van der Waals surface area contributed by atoms with Crippen LogP contribution in [0.25, 0.3) is 0 Å². The van der Waals surface area contributed by atoms with Gasteiger partial charge < -0.3 is 29.6 Å². The highest BCUT2D eigenvalue weighted by molar-refractivity contribution is 5.84. The zero-order valence-corrected chi connectivity index (χ0v) is 16.4. The third-order valence-corrected chi connectivity index (χ3v) is 3.56. The van der Waals surface area contributed by atoms with Gasteiger partial charge in [-0.25, -0.2) is 14.4 Å². The Balaban J connectivity index is 2.94. The van der Waals surface area contributed by atoms with Crippen molar-refractivity contribution in [2.45, 2.75) is 33.4 Å². The zero-order chi connectivity index (χ0) is 21.3. The van der Waals surface area contributed by atoms with Crippen LogP contribution in [0.1, 0.15) is 23.6 Å². The molecule has 0 aliphatic heterocycles. The Labute approximate surface area is 162 Å². The van der Waals surface area contributed by atoms with Crippen molar-refractivity contribution in [2.24, 2.45) is 0 Å². The summed E-state index contributed by atoms with van der Waals surface area (Å²) in [6.45, 7) is 4.60. The van der Waals surface area contributed by atoms with Crippen molar-refractivity contribution >= 4 is 24.1 Å². The second kappa shape index (κ2) is 10.8. The number of esters is 2. The summed E-state index contributed by atoms with van der Waals surface area (Å²) in [7, 11) is 2.31. The summed E-state index contributed by atoms with van der Waals surface area (Å²) in [5.41, 5.74) is 2.00. The SMILES string of the molecule is COC(=O)NCC(NC(=O)OC)C(=O)Oc1c(C)cc(COC(C)=O)cc1C. The number of benzene rings is 1. The molecule has 28 heavy (non-hydrogen) atoms. The van der Waals surface area contributed by atoms with Crippen LogP contribution in [0, 0.1) is 13.8 Å². The molecular formula is C18H24N2O8. The third kappa shape index (κ3) is 7.14. The molecule has 1 aromatic rings. The molecule has 1 aromatic carbocycles. The number of methoxy groups -OCH3 is 2. The number of amides is 2. The van der Waals surface area contributed by atoms with Gasteiger partial charge >= 0.3 is 24.1 Å². The quantitative estimate of drug-likeness (QED) is 0.401. The smallest absolute Gasteiger partial charge is 0.407 e. The average molecular weight is 396 g/mol. The molecular weight excluding hydrogens is 372 g/mol. The largest absolute Gasteiger partial charge is 0.461 e. The van der Waals surface area contributed by atoms with Crippen LogP contribution in [0.2, 0.25) is 0 Å².